The number of oxazole rings is 1. The van der Waals surface area contributed by atoms with Crippen molar-refractivity contribution in [1.82, 2.24) is 13.6 Å². The van der Waals surface area contributed by atoms with Crippen LogP contribution in [-0.4, -0.2) is 49.2 Å². The second-order valence-corrected chi connectivity index (χ2v) is 8.60. The summed E-state index contributed by atoms with van der Waals surface area (Å²) in [6.07, 6.45) is 3.81. The van der Waals surface area contributed by atoms with Gasteiger partial charge in [0.25, 0.3) is 10.2 Å². The van der Waals surface area contributed by atoms with Gasteiger partial charge in [0.05, 0.1) is 6.20 Å². The van der Waals surface area contributed by atoms with Crippen molar-refractivity contribution in [2.45, 2.75) is 25.2 Å². The first kappa shape index (κ1) is 18.0. The highest BCUT2D eigenvalue weighted by molar-refractivity contribution is 7.86. The van der Waals surface area contributed by atoms with Crippen LogP contribution in [0, 0.1) is 5.82 Å². The molecule has 1 aromatic carbocycles. The third-order valence-corrected chi connectivity index (χ3v) is 6.29. The van der Waals surface area contributed by atoms with E-state index < -0.39 is 10.2 Å². The Morgan fingerprint density at radius 2 is 2.04 bits per heavy atom. The summed E-state index contributed by atoms with van der Waals surface area (Å²) in [5.41, 5.74) is 0.935. The standard InChI is InChI=1S/C17H22FN3O3S/c1-20(2)25(22,23)21-9-3-4-14(12-21)17-19-11-16(24-17)10-13-5-7-15(18)8-6-13/h5-8,11,14H,3-4,9-10,12H2,1-2H3. The molecule has 1 aliphatic heterocycles. The van der Waals surface area contributed by atoms with Crippen LogP contribution < -0.4 is 0 Å². The fourth-order valence-corrected chi connectivity index (χ4v) is 4.17. The molecule has 1 aliphatic rings. The van der Waals surface area contributed by atoms with E-state index in [9.17, 15) is 12.8 Å². The normalized spacial score (nSPS) is 19.4. The van der Waals surface area contributed by atoms with E-state index >= 15 is 0 Å². The average Bonchev–Trinajstić information content (AvgIpc) is 3.05. The average molecular weight is 367 g/mol. The zero-order valence-corrected chi connectivity index (χ0v) is 15.2. The minimum absolute atomic E-state index is 0.0505. The van der Waals surface area contributed by atoms with E-state index in [0.717, 1.165) is 18.4 Å². The van der Waals surface area contributed by atoms with Gasteiger partial charge in [-0.1, -0.05) is 12.1 Å². The smallest absolute Gasteiger partial charge is 0.281 e. The molecule has 3 rings (SSSR count). The lowest BCUT2D eigenvalue weighted by Gasteiger charge is -2.32. The molecule has 0 bridgehead atoms. The van der Waals surface area contributed by atoms with Crippen molar-refractivity contribution in [2.75, 3.05) is 27.2 Å². The summed E-state index contributed by atoms with van der Waals surface area (Å²) in [5, 5.41) is 0. The summed E-state index contributed by atoms with van der Waals surface area (Å²) in [6, 6.07) is 6.25. The van der Waals surface area contributed by atoms with Crippen molar-refractivity contribution in [3.63, 3.8) is 0 Å². The Morgan fingerprint density at radius 1 is 1.32 bits per heavy atom. The molecule has 1 unspecified atom stereocenters. The van der Waals surface area contributed by atoms with Gasteiger partial charge in [-0.3, -0.25) is 0 Å². The summed E-state index contributed by atoms with van der Waals surface area (Å²) in [7, 11) is -0.360. The number of aromatic nitrogens is 1. The largest absolute Gasteiger partial charge is 0.445 e. The van der Waals surface area contributed by atoms with Crippen molar-refractivity contribution in [3.8, 4) is 0 Å². The Bertz CT molecular complexity index is 818. The van der Waals surface area contributed by atoms with Crippen molar-refractivity contribution >= 4 is 10.2 Å². The van der Waals surface area contributed by atoms with Crippen LogP contribution in [-0.2, 0) is 16.6 Å². The lowest BCUT2D eigenvalue weighted by molar-refractivity contribution is 0.270. The van der Waals surface area contributed by atoms with Gasteiger partial charge in [-0.15, -0.1) is 0 Å². The number of piperidine rings is 1. The summed E-state index contributed by atoms with van der Waals surface area (Å²) in [6.45, 7) is 0.886. The SMILES string of the molecule is CN(C)S(=O)(=O)N1CCCC(c2ncc(Cc3ccc(F)cc3)o2)C1. The van der Waals surface area contributed by atoms with Gasteiger partial charge >= 0.3 is 0 Å². The van der Waals surface area contributed by atoms with Gasteiger partial charge in [0.15, 0.2) is 5.89 Å². The Balaban J connectivity index is 1.70. The Hall–Kier alpha value is -1.77. The van der Waals surface area contributed by atoms with Crippen molar-refractivity contribution < 1.29 is 17.2 Å². The molecule has 1 fully saturated rings. The lowest BCUT2D eigenvalue weighted by atomic mass is 10.00. The first-order valence-corrected chi connectivity index (χ1v) is 9.62. The molecule has 0 N–H and O–H groups in total. The summed E-state index contributed by atoms with van der Waals surface area (Å²) < 4.78 is 46.1. The molecule has 2 heterocycles. The van der Waals surface area contributed by atoms with Gasteiger partial charge in [-0.2, -0.15) is 17.0 Å². The van der Waals surface area contributed by atoms with Crippen LogP contribution in [0.2, 0.25) is 0 Å². The van der Waals surface area contributed by atoms with Crippen molar-refractivity contribution in [1.29, 1.82) is 0 Å². The molecule has 0 amide bonds. The summed E-state index contributed by atoms with van der Waals surface area (Å²) in [5.74, 6) is 0.932. The van der Waals surface area contributed by atoms with Crippen molar-refractivity contribution in [3.05, 3.63) is 53.5 Å². The predicted octanol–water partition coefficient (Wildman–Crippen LogP) is 2.39. The molecular weight excluding hydrogens is 345 g/mol. The molecule has 0 aliphatic carbocycles. The van der Waals surface area contributed by atoms with Crippen LogP contribution in [0.25, 0.3) is 0 Å². The van der Waals surface area contributed by atoms with E-state index in [4.69, 9.17) is 4.42 Å². The van der Waals surface area contributed by atoms with Crippen LogP contribution in [0.3, 0.4) is 0 Å². The Kier molecular flexibility index (Phi) is 5.21. The monoisotopic (exact) mass is 367 g/mol. The van der Waals surface area contributed by atoms with E-state index in [1.807, 2.05) is 0 Å². The van der Waals surface area contributed by atoms with E-state index in [-0.39, 0.29) is 11.7 Å². The molecule has 1 saturated heterocycles. The number of benzene rings is 1. The fourth-order valence-electron chi connectivity index (χ4n) is 2.98. The number of hydrogen-bond donors (Lipinski definition) is 0. The van der Waals surface area contributed by atoms with Gasteiger partial charge in [-0.05, 0) is 30.5 Å². The molecule has 6 nitrogen and oxygen atoms in total. The highest BCUT2D eigenvalue weighted by Gasteiger charge is 2.33. The number of hydrogen-bond acceptors (Lipinski definition) is 4. The zero-order chi connectivity index (χ0) is 18.0. The van der Waals surface area contributed by atoms with E-state index in [1.54, 1.807) is 18.3 Å². The third kappa shape index (κ3) is 4.08. The minimum atomic E-state index is -3.42. The van der Waals surface area contributed by atoms with Crippen molar-refractivity contribution in [2.24, 2.45) is 0 Å². The quantitative estimate of drug-likeness (QED) is 0.814. The van der Waals surface area contributed by atoms with E-state index in [1.165, 1.54) is 34.8 Å². The van der Waals surface area contributed by atoms with Crippen LogP contribution in [0.15, 0.2) is 34.9 Å². The first-order valence-electron chi connectivity index (χ1n) is 8.23. The van der Waals surface area contributed by atoms with Gasteiger partial charge in [0, 0.05) is 39.5 Å². The molecule has 1 aromatic heterocycles. The molecule has 0 saturated carbocycles. The highest BCUT2D eigenvalue weighted by atomic mass is 32.2. The number of rotatable bonds is 5. The Morgan fingerprint density at radius 3 is 2.72 bits per heavy atom. The summed E-state index contributed by atoms with van der Waals surface area (Å²) >= 11 is 0. The van der Waals surface area contributed by atoms with Crippen LogP contribution >= 0.6 is 0 Å². The van der Waals surface area contributed by atoms with E-state index in [2.05, 4.69) is 4.98 Å². The Labute approximate surface area is 147 Å². The maximum atomic E-state index is 13.0. The van der Waals surface area contributed by atoms with Crippen LogP contribution in [0.4, 0.5) is 4.39 Å². The number of nitrogens with zero attached hydrogens (tertiary/aromatic N) is 3. The van der Waals surface area contributed by atoms with Crippen LogP contribution in [0.1, 0.15) is 36.0 Å². The van der Waals surface area contributed by atoms with Gasteiger partial charge in [-0.25, -0.2) is 9.37 Å². The predicted molar refractivity (Wildman–Crippen MR) is 91.9 cm³/mol. The summed E-state index contributed by atoms with van der Waals surface area (Å²) in [4.78, 5) is 4.34. The maximum Gasteiger partial charge on any atom is 0.281 e. The molecule has 0 spiro atoms. The van der Waals surface area contributed by atoms with Gasteiger partial charge in [0.1, 0.15) is 11.6 Å². The third-order valence-electron chi connectivity index (χ3n) is 4.38. The first-order chi connectivity index (χ1) is 11.9. The minimum Gasteiger partial charge on any atom is -0.445 e. The molecule has 0 radical (unpaired) electrons. The van der Waals surface area contributed by atoms with Gasteiger partial charge < -0.3 is 4.42 Å². The lowest BCUT2D eigenvalue weighted by Crippen LogP contribution is -2.44. The molecule has 25 heavy (non-hydrogen) atoms. The topological polar surface area (TPSA) is 66.7 Å². The zero-order valence-electron chi connectivity index (χ0n) is 14.4. The second kappa shape index (κ2) is 7.23. The maximum absolute atomic E-state index is 13.0. The number of halogens is 1. The molecule has 8 heteroatoms. The molecule has 1 atom stereocenters. The molecule has 136 valence electrons. The fraction of sp³-hybridized carbons (Fsp3) is 0.471. The molecule has 2 aromatic rings. The molecular formula is C17H22FN3O3S. The van der Waals surface area contributed by atoms with E-state index in [0.29, 0.717) is 31.2 Å². The highest BCUT2D eigenvalue weighted by Crippen LogP contribution is 2.29. The second-order valence-electron chi connectivity index (χ2n) is 6.46. The van der Waals surface area contributed by atoms with Gasteiger partial charge in [0.2, 0.25) is 0 Å². The van der Waals surface area contributed by atoms with Crippen LogP contribution in [0.5, 0.6) is 0 Å².